The second kappa shape index (κ2) is 13.2. The highest BCUT2D eigenvalue weighted by Gasteiger charge is 2.19. The molecule has 0 spiro atoms. The highest BCUT2D eigenvalue weighted by Crippen LogP contribution is 2.21. The molecule has 2 unspecified atom stereocenters. The number of halogens is 1. The van der Waals surface area contributed by atoms with E-state index in [1.165, 1.54) is 5.56 Å². The topological polar surface area (TPSA) is 52.1 Å². The summed E-state index contributed by atoms with van der Waals surface area (Å²) in [6.07, 6.45) is 1.06. The molecule has 1 fully saturated rings. The number of benzene rings is 1. The fraction of sp³-hybridized carbons (Fsp3) is 0.667. The second-order valence-corrected chi connectivity index (χ2v) is 7.53. The van der Waals surface area contributed by atoms with Gasteiger partial charge in [0.25, 0.3) is 0 Å². The van der Waals surface area contributed by atoms with Crippen LogP contribution in [0.4, 0.5) is 0 Å². The molecule has 1 aromatic carbocycles. The van der Waals surface area contributed by atoms with Gasteiger partial charge in [0.2, 0.25) is 0 Å². The summed E-state index contributed by atoms with van der Waals surface area (Å²) in [6.45, 7) is 11.0. The van der Waals surface area contributed by atoms with Gasteiger partial charge >= 0.3 is 0 Å². The number of guanidine groups is 1. The first-order chi connectivity index (χ1) is 13.0. The minimum absolute atomic E-state index is 0. The fourth-order valence-corrected chi connectivity index (χ4v) is 3.36. The van der Waals surface area contributed by atoms with Gasteiger partial charge in [-0.05, 0) is 44.0 Å². The molecule has 6 nitrogen and oxygen atoms in total. The average molecular weight is 503 g/mol. The third-order valence-corrected chi connectivity index (χ3v) is 5.50. The van der Waals surface area contributed by atoms with Gasteiger partial charge in [0, 0.05) is 52.4 Å². The molecule has 28 heavy (non-hydrogen) atoms. The van der Waals surface area contributed by atoms with Crippen LogP contribution in [0.5, 0.6) is 5.75 Å². The zero-order valence-corrected chi connectivity index (χ0v) is 20.4. The lowest BCUT2D eigenvalue weighted by molar-refractivity contribution is 0.120. The quantitative estimate of drug-likeness (QED) is 0.325. The molecule has 1 saturated heterocycles. The Labute approximate surface area is 188 Å². The van der Waals surface area contributed by atoms with Gasteiger partial charge in [-0.15, -0.1) is 24.0 Å². The molecular weight excluding hydrogens is 465 g/mol. The molecule has 1 aliphatic heterocycles. The van der Waals surface area contributed by atoms with Crippen LogP contribution in [0.15, 0.2) is 29.3 Å². The third kappa shape index (κ3) is 8.13. The molecule has 160 valence electrons. The van der Waals surface area contributed by atoms with Crippen molar-refractivity contribution in [3.8, 4) is 5.75 Å². The van der Waals surface area contributed by atoms with Crippen LogP contribution < -0.4 is 15.4 Å². The predicted molar refractivity (Wildman–Crippen MR) is 129 cm³/mol. The number of piperazine rings is 1. The molecule has 0 bridgehead atoms. The van der Waals surface area contributed by atoms with Crippen molar-refractivity contribution < 1.29 is 4.74 Å². The predicted octanol–water partition coefficient (Wildman–Crippen LogP) is 2.61. The summed E-state index contributed by atoms with van der Waals surface area (Å²) in [5.41, 5.74) is 1.34. The van der Waals surface area contributed by atoms with Crippen molar-refractivity contribution in [1.82, 2.24) is 20.4 Å². The maximum Gasteiger partial charge on any atom is 0.191 e. The molecule has 1 aliphatic rings. The Balaban J connectivity index is 0.00000392. The minimum atomic E-state index is 0. The van der Waals surface area contributed by atoms with E-state index in [0.717, 1.165) is 57.4 Å². The van der Waals surface area contributed by atoms with Crippen molar-refractivity contribution in [2.45, 2.75) is 32.2 Å². The van der Waals surface area contributed by atoms with E-state index in [4.69, 9.17) is 4.74 Å². The van der Waals surface area contributed by atoms with Gasteiger partial charge in [-0.2, -0.15) is 0 Å². The molecule has 7 heteroatoms. The number of rotatable bonds is 8. The molecule has 0 saturated carbocycles. The zero-order valence-electron chi connectivity index (χ0n) is 18.1. The number of nitrogens with zero attached hydrogens (tertiary/aromatic N) is 3. The van der Waals surface area contributed by atoms with Crippen LogP contribution in [0.25, 0.3) is 0 Å². The molecule has 0 amide bonds. The number of hydrogen-bond acceptors (Lipinski definition) is 4. The number of methoxy groups -OCH3 is 1. The van der Waals surface area contributed by atoms with Crippen molar-refractivity contribution in [2.75, 3.05) is 60.5 Å². The Morgan fingerprint density at radius 2 is 1.75 bits per heavy atom. The summed E-state index contributed by atoms with van der Waals surface area (Å²) in [4.78, 5) is 9.30. The van der Waals surface area contributed by atoms with E-state index >= 15 is 0 Å². The van der Waals surface area contributed by atoms with Gasteiger partial charge in [0.1, 0.15) is 5.75 Å². The Hall–Kier alpha value is -1.06. The van der Waals surface area contributed by atoms with Crippen molar-refractivity contribution in [3.63, 3.8) is 0 Å². The highest BCUT2D eigenvalue weighted by atomic mass is 127. The van der Waals surface area contributed by atoms with Crippen LogP contribution in [-0.2, 0) is 0 Å². The summed E-state index contributed by atoms with van der Waals surface area (Å²) in [7, 11) is 5.73. The first-order valence-corrected chi connectivity index (χ1v) is 10.0. The monoisotopic (exact) mass is 503 g/mol. The fourth-order valence-electron chi connectivity index (χ4n) is 3.36. The first kappa shape index (κ1) is 25.0. The van der Waals surface area contributed by atoms with E-state index in [1.807, 2.05) is 19.2 Å². The summed E-state index contributed by atoms with van der Waals surface area (Å²) >= 11 is 0. The van der Waals surface area contributed by atoms with E-state index < -0.39 is 0 Å². The Morgan fingerprint density at radius 1 is 1.11 bits per heavy atom. The summed E-state index contributed by atoms with van der Waals surface area (Å²) in [6, 6.07) is 8.86. The van der Waals surface area contributed by atoms with Gasteiger partial charge in [-0.3, -0.25) is 9.89 Å². The van der Waals surface area contributed by atoms with Gasteiger partial charge in [0.15, 0.2) is 5.96 Å². The van der Waals surface area contributed by atoms with E-state index in [0.29, 0.717) is 12.0 Å². The SMILES string of the molecule is CN=C(NCCC(C)c1ccc(OC)cc1)NCC(C)N1CCN(C)CC1.I. The lowest BCUT2D eigenvalue weighted by Crippen LogP contribution is -2.52. The maximum absolute atomic E-state index is 5.23. The molecule has 0 aromatic heterocycles. The minimum Gasteiger partial charge on any atom is -0.497 e. The van der Waals surface area contributed by atoms with Crippen molar-refractivity contribution in [1.29, 1.82) is 0 Å². The number of likely N-dealkylation sites (N-methyl/N-ethyl adjacent to an activating group) is 1. The molecule has 2 atom stereocenters. The van der Waals surface area contributed by atoms with Gasteiger partial charge in [-0.25, -0.2) is 0 Å². The van der Waals surface area contributed by atoms with Crippen molar-refractivity contribution in [3.05, 3.63) is 29.8 Å². The number of ether oxygens (including phenoxy) is 1. The van der Waals surface area contributed by atoms with Crippen LogP contribution in [0.1, 0.15) is 31.7 Å². The lowest BCUT2D eigenvalue weighted by atomic mass is 9.98. The van der Waals surface area contributed by atoms with Gasteiger partial charge < -0.3 is 20.3 Å². The molecule has 1 heterocycles. The van der Waals surface area contributed by atoms with Crippen LogP contribution in [-0.4, -0.2) is 82.3 Å². The van der Waals surface area contributed by atoms with E-state index in [9.17, 15) is 0 Å². The molecule has 2 N–H and O–H groups in total. The largest absolute Gasteiger partial charge is 0.497 e. The second-order valence-electron chi connectivity index (χ2n) is 7.53. The molecule has 2 rings (SSSR count). The van der Waals surface area contributed by atoms with Crippen molar-refractivity contribution in [2.24, 2.45) is 4.99 Å². The standard InChI is InChI=1S/C21H37N5O.HI/c1-17(19-6-8-20(27-5)9-7-19)10-11-23-21(22-3)24-16-18(2)26-14-12-25(4)13-15-26;/h6-9,17-18H,10-16H2,1-5H3,(H2,22,23,24);1H. The van der Waals surface area contributed by atoms with E-state index in [-0.39, 0.29) is 24.0 Å². The lowest BCUT2D eigenvalue weighted by Gasteiger charge is -2.36. The molecule has 0 aliphatic carbocycles. The zero-order chi connectivity index (χ0) is 19.6. The molecule has 0 radical (unpaired) electrons. The Kier molecular flexibility index (Phi) is 11.8. The normalized spacial score (nSPS) is 18.1. The molecule has 1 aromatic rings. The third-order valence-electron chi connectivity index (χ3n) is 5.50. The van der Waals surface area contributed by atoms with Gasteiger partial charge in [-0.1, -0.05) is 19.1 Å². The van der Waals surface area contributed by atoms with Crippen LogP contribution >= 0.6 is 24.0 Å². The van der Waals surface area contributed by atoms with Crippen LogP contribution in [0.2, 0.25) is 0 Å². The smallest absolute Gasteiger partial charge is 0.191 e. The Bertz CT molecular complexity index is 573. The van der Waals surface area contributed by atoms with E-state index in [2.05, 4.69) is 58.5 Å². The molecular formula is C21H38IN5O. The number of aliphatic imine (C=N–C) groups is 1. The summed E-state index contributed by atoms with van der Waals surface area (Å²) in [5.74, 6) is 2.28. The number of hydrogen-bond donors (Lipinski definition) is 2. The average Bonchev–Trinajstić information content (AvgIpc) is 2.70. The van der Waals surface area contributed by atoms with Crippen LogP contribution in [0.3, 0.4) is 0 Å². The van der Waals surface area contributed by atoms with E-state index in [1.54, 1.807) is 7.11 Å². The highest BCUT2D eigenvalue weighted by molar-refractivity contribution is 14.0. The Morgan fingerprint density at radius 3 is 2.32 bits per heavy atom. The van der Waals surface area contributed by atoms with Gasteiger partial charge in [0.05, 0.1) is 7.11 Å². The van der Waals surface area contributed by atoms with Crippen LogP contribution in [0, 0.1) is 0 Å². The maximum atomic E-state index is 5.23. The van der Waals surface area contributed by atoms with Crippen molar-refractivity contribution >= 4 is 29.9 Å². The number of nitrogens with one attached hydrogen (secondary N) is 2. The first-order valence-electron chi connectivity index (χ1n) is 10.0. The summed E-state index contributed by atoms with van der Waals surface area (Å²) < 4.78 is 5.23. The summed E-state index contributed by atoms with van der Waals surface area (Å²) in [5, 5.41) is 6.92.